The van der Waals surface area contributed by atoms with Crippen molar-refractivity contribution in [2.24, 2.45) is 0 Å². The van der Waals surface area contributed by atoms with E-state index >= 15 is 0 Å². The Morgan fingerprint density at radius 3 is 2.24 bits per heavy atom. The third kappa shape index (κ3) is 5.36. The summed E-state index contributed by atoms with van der Waals surface area (Å²) < 4.78 is 0.953. The highest BCUT2D eigenvalue weighted by Crippen LogP contribution is 2.33. The summed E-state index contributed by atoms with van der Waals surface area (Å²) in [4.78, 5) is 34.9. The van der Waals surface area contributed by atoms with Crippen LogP contribution in [0.4, 0.5) is 5.13 Å². The van der Waals surface area contributed by atoms with Crippen LogP contribution in [0.25, 0.3) is 10.2 Å². The van der Waals surface area contributed by atoms with Crippen LogP contribution >= 0.6 is 22.9 Å². The molecule has 3 aromatic carbocycles. The van der Waals surface area contributed by atoms with Gasteiger partial charge in [-0.25, -0.2) is 4.98 Å². The standard InChI is InChI=1S/C27H26ClN3O2S/c1-18-16-22(28)17-23-24(18)29-27(34-23)31(15-7-14-30(2)3)26(33)21-12-10-20(11-13-21)25(32)19-8-5-4-6-9-19/h4-6,8-13,16-17H,7,14-15H2,1-3H3. The molecule has 4 aromatic rings. The quantitative estimate of drug-likeness (QED) is 0.280. The molecule has 7 heteroatoms. The number of hydrogen-bond acceptors (Lipinski definition) is 5. The Bertz CT molecular complexity index is 1320. The molecule has 0 atom stereocenters. The molecule has 34 heavy (non-hydrogen) atoms. The van der Waals surface area contributed by atoms with Gasteiger partial charge >= 0.3 is 0 Å². The third-order valence-electron chi connectivity index (χ3n) is 5.53. The first-order valence-corrected chi connectivity index (χ1v) is 12.3. The SMILES string of the molecule is Cc1cc(Cl)cc2sc(N(CCCN(C)C)C(=O)c3ccc(C(=O)c4ccccc4)cc3)nc12. The van der Waals surface area contributed by atoms with E-state index in [9.17, 15) is 9.59 Å². The third-order valence-corrected chi connectivity index (χ3v) is 6.78. The smallest absolute Gasteiger partial charge is 0.260 e. The number of anilines is 1. The Hall–Kier alpha value is -3.06. The number of carbonyl (C=O) groups excluding carboxylic acids is 2. The molecule has 1 aromatic heterocycles. The van der Waals surface area contributed by atoms with Crippen LogP contribution in [0.1, 0.15) is 38.3 Å². The maximum Gasteiger partial charge on any atom is 0.260 e. The highest BCUT2D eigenvalue weighted by molar-refractivity contribution is 7.22. The van der Waals surface area contributed by atoms with Gasteiger partial charge in [0, 0.05) is 28.3 Å². The van der Waals surface area contributed by atoms with E-state index in [-0.39, 0.29) is 11.7 Å². The highest BCUT2D eigenvalue weighted by atomic mass is 35.5. The van der Waals surface area contributed by atoms with Gasteiger partial charge in [0.15, 0.2) is 10.9 Å². The van der Waals surface area contributed by atoms with Crippen LogP contribution in [0.5, 0.6) is 0 Å². The molecule has 0 saturated heterocycles. The van der Waals surface area contributed by atoms with E-state index in [0.717, 1.165) is 28.7 Å². The lowest BCUT2D eigenvalue weighted by atomic mass is 10.0. The molecule has 0 fully saturated rings. The fourth-order valence-corrected chi connectivity index (χ4v) is 5.21. The molecule has 1 heterocycles. The van der Waals surface area contributed by atoms with Crippen molar-refractivity contribution in [3.05, 3.63) is 94.0 Å². The molecule has 0 unspecified atom stereocenters. The second-order valence-corrected chi connectivity index (χ2v) is 9.90. The summed E-state index contributed by atoms with van der Waals surface area (Å²) in [5.41, 5.74) is 3.53. The molecule has 0 spiro atoms. The largest absolute Gasteiger partial charge is 0.309 e. The summed E-state index contributed by atoms with van der Waals surface area (Å²) in [5.74, 6) is -0.207. The van der Waals surface area contributed by atoms with Crippen LogP contribution in [0.3, 0.4) is 0 Å². The number of nitrogens with zero attached hydrogens (tertiary/aromatic N) is 3. The number of carbonyl (C=O) groups is 2. The number of benzene rings is 3. The zero-order chi connectivity index (χ0) is 24.2. The number of ketones is 1. The lowest BCUT2D eigenvalue weighted by molar-refractivity contribution is 0.0983. The van der Waals surface area contributed by atoms with Gasteiger partial charge in [-0.15, -0.1) is 0 Å². The lowest BCUT2D eigenvalue weighted by Gasteiger charge is -2.21. The number of amides is 1. The van der Waals surface area contributed by atoms with Crippen molar-refractivity contribution in [2.75, 3.05) is 32.1 Å². The molecule has 1 amide bonds. The maximum atomic E-state index is 13.6. The summed E-state index contributed by atoms with van der Waals surface area (Å²) in [6.07, 6.45) is 0.805. The molecule has 5 nitrogen and oxygen atoms in total. The van der Waals surface area contributed by atoms with Crippen LogP contribution in [0.15, 0.2) is 66.7 Å². The van der Waals surface area contributed by atoms with E-state index in [0.29, 0.717) is 33.4 Å². The van der Waals surface area contributed by atoms with Gasteiger partial charge in [0.25, 0.3) is 5.91 Å². The van der Waals surface area contributed by atoms with E-state index in [2.05, 4.69) is 4.90 Å². The lowest BCUT2D eigenvalue weighted by Crippen LogP contribution is -2.33. The van der Waals surface area contributed by atoms with Crippen molar-refractivity contribution >= 4 is 50.0 Å². The molecule has 174 valence electrons. The highest BCUT2D eigenvalue weighted by Gasteiger charge is 2.22. The van der Waals surface area contributed by atoms with E-state index < -0.39 is 0 Å². The minimum atomic E-state index is -0.139. The summed E-state index contributed by atoms with van der Waals surface area (Å²) in [5, 5.41) is 1.30. The van der Waals surface area contributed by atoms with Crippen molar-refractivity contribution in [2.45, 2.75) is 13.3 Å². The number of fused-ring (bicyclic) bond motifs is 1. The number of aromatic nitrogens is 1. The molecule has 0 radical (unpaired) electrons. The summed E-state index contributed by atoms with van der Waals surface area (Å²) in [6.45, 7) is 3.36. The fourth-order valence-electron chi connectivity index (χ4n) is 3.76. The van der Waals surface area contributed by atoms with Crippen LogP contribution in [-0.2, 0) is 0 Å². The molecule has 0 aliphatic rings. The van der Waals surface area contributed by atoms with Gasteiger partial charge in [-0.2, -0.15) is 0 Å². The first-order valence-electron chi connectivity index (χ1n) is 11.1. The molecule has 0 N–H and O–H groups in total. The molecule has 4 rings (SSSR count). The Morgan fingerprint density at radius 1 is 0.912 bits per heavy atom. The Labute approximate surface area is 208 Å². The molecular formula is C27H26ClN3O2S. The Morgan fingerprint density at radius 2 is 1.56 bits per heavy atom. The predicted molar refractivity (Wildman–Crippen MR) is 141 cm³/mol. The number of hydrogen-bond donors (Lipinski definition) is 0. The van der Waals surface area contributed by atoms with E-state index in [1.807, 2.05) is 51.4 Å². The molecule has 0 saturated carbocycles. The monoisotopic (exact) mass is 491 g/mol. The Kier molecular flexibility index (Phi) is 7.41. The molecular weight excluding hydrogens is 466 g/mol. The maximum absolute atomic E-state index is 13.6. The van der Waals surface area contributed by atoms with E-state index in [1.54, 1.807) is 41.3 Å². The number of thiazole rings is 1. The predicted octanol–water partition coefficient (Wildman–Crippen LogP) is 6.09. The van der Waals surface area contributed by atoms with Crippen molar-refractivity contribution < 1.29 is 9.59 Å². The zero-order valence-corrected chi connectivity index (χ0v) is 21.0. The second-order valence-electron chi connectivity index (χ2n) is 8.45. The Balaban J connectivity index is 1.63. The number of halogens is 1. The van der Waals surface area contributed by atoms with Gasteiger partial charge in [0.05, 0.1) is 10.2 Å². The van der Waals surface area contributed by atoms with Crippen molar-refractivity contribution in [1.82, 2.24) is 9.88 Å². The summed E-state index contributed by atoms with van der Waals surface area (Å²) in [6, 6.07) is 19.7. The molecule has 0 aliphatic heterocycles. The number of rotatable bonds is 8. The first kappa shape index (κ1) is 24.1. The average molecular weight is 492 g/mol. The van der Waals surface area contributed by atoms with Gasteiger partial charge in [0.2, 0.25) is 0 Å². The zero-order valence-electron chi connectivity index (χ0n) is 19.4. The fraction of sp³-hybridized carbons (Fsp3) is 0.222. The number of aryl methyl sites for hydroxylation is 1. The summed E-state index contributed by atoms with van der Waals surface area (Å²) >= 11 is 7.70. The van der Waals surface area contributed by atoms with Gasteiger partial charge < -0.3 is 4.90 Å². The average Bonchev–Trinajstić information content (AvgIpc) is 3.25. The van der Waals surface area contributed by atoms with Crippen molar-refractivity contribution in [3.63, 3.8) is 0 Å². The van der Waals surface area contributed by atoms with Crippen LogP contribution < -0.4 is 4.90 Å². The van der Waals surface area contributed by atoms with Crippen molar-refractivity contribution in [1.29, 1.82) is 0 Å². The molecule has 0 aliphatic carbocycles. The normalized spacial score (nSPS) is 11.2. The van der Waals surface area contributed by atoms with Gasteiger partial charge in [-0.1, -0.05) is 65.4 Å². The minimum absolute atomic E-state index is 0.0686. The first-order chi connectivity index (χ1) is 16.3. The van der Waals surface area contributed by atoms with E-state index in [1.165, 1.54) is 11.3 Å². The van der Waals surface area contributed by atoms with Gasteiger partial charge in [-0.3, -0.25) is 14.5 Å². The van der Waals surface area contributed by atoms with Gasteiger partial charge in [-0.05, 0) is 63.8 Å². The molecule has 0 bridgehead atoms. The minimum Gasteiger partial charge on any atom is -0.309 e. The summed E-state index contributed by atoms with van der Waals surface area (Å²) in [7, 11) is 4.02. The van der Waals surface area contributed by atoms with Crippen LogP contribution in [0, 0.1) is 6.92 Å². The second kappa shape index (κ2) is 10.5. The van der Waals surface area contributed by atoms with Gasteiger partial charge in [0.1, 0.15) is 0 Å². The van der Waals surface area contributed by atoms with Crippen LogP contribution in [0.2, 0.25) is 5.02 Å². The topological polar surface area (TPSA) is 53.5 Å². The van der Waals surface area contributed by atoms with Crippen molar-refractivity contribution in [3.8, 4) is 0 Å². The van der Waals surface area contributed by atoms with E-state index in [4.69, 9.17) is 16.6 Å². The van der Waals surface area contributed by atoms with Crippen LogP contribution in [-0.4, -0.2) is 48.8 Å².